The van der Waals surface area contributed by atoms with Crippen LogP contribution in [0, 0.1) is 0 Å². The Kier molecular flexibility index (Phi) is 4.88. The topological polar surface area (TPSA) is 58.6 Å². The molecule has 25 heavy (non-hydrogen) atoms. The minimum Gasteiger partial charge on any atom is -0.381 e. The Balaban J connectivity index is 1.65. The van der Waals surface area contributed by atoms with Crippen LogP contribution in [0.2, 0.25) is 0 Å². The van der Waals surface area contributed by atoms with Crippen LogP contribution in [-0.4, -0.2) is 60.2 Å². The van der Waals surface area contributed by atoms with E-state index in [1.807, 2.05) is 4.90 Å². The molecule has 3 aliphatic rings. The van der Waals surface area contributed by atoms with E-state index in [0.717, 1.165) is 63.9 Å². The summed E-state index contributed by atoms with van der Waals surface area (Å²) in [5.41, 5.74) is 2.47. The van der Waals surface area contributed by atoms with Crippen molar-refractivity contribution >= 4 is 11.7 Å². The van der Waals surface area contributed by atoms with E-state index in [9.17, 15) is 4.79 Å². The Bertz CT molecular complexity index is 635. The lowest BCUT2D eigenvalue weighted by Crippen LogP contribution is -2.48. The van der Waals surface area contributed by atoms with Gasteiger partial charge in [-0.25, -0.2) is 9.97 Å². The zero-order valence-electron chi connectivity index (χ0n) is 15.2. The lowest BCUT2D eigenvalue weighted by molar-refractivity contribution is -0.129. The Morgan fingerprint density at radius 1 is 1.04 bits per heavy atom. The van der Waals surface area contributed by atoms with Gasteiger partial charge in [0, 0.05) is 57.4 Å². The number of nitrogens with zero attached hydrogens (tertiary/aromatic N) is 4. The second kappa shape index (κ2) is 7.28. The summed E-state index contributed by atoms with van der Waals surface area (Å²) < 4.78 is 5.69. The number of fused-ring (bicyclic) bond motifs is 1. The largest absolute Gasteiger partial charge is 0.381 e. The third-order valence-electron chi connectivity index (χ3n) is 5.81. The van der Waals surface area contributed by atoms with E-state index in [1.165, 1.54) is 36.9 Å². The number of rotatable bonds is 2. The molecule has 1 saturated carbocycles. The maximum atomic E-state index is 11.6. The maximum Gasteiger partial charge on any atom is 0.219 e. The molecule has 2 fully saturated rings. The van der Waals surface area contributed by atoms with Gasteiger partial charge < -0.3 is 14.5 Å². The molecule has 3 heterocycles. The van der Waals surface area contributed by atoms with Gasteiger partial charge in [-0.1, -0.05) is 12.8 Å². The van der Waals surface area contributed by atoms with Crippen molar-refractivity contribution in [2.75, 3.05) is 44.3 Å². The average molecular weight is 344 g/mol. The fraction of sp³-hybridized carbons (Fsp3) is 0.737. The molecular weight excluding hydrogens is 316 g/mol. The third kappa shape index (κ3) is 3.50. The maximum absolute atomic E-state index is 11.6. The summed E-state index contributed by atoms with van der Waals surface area (Å²) in [5, 5.41) is 0. The lowest BCUT2D eigenvalue weighted by Gasteiger charge is -2.36. The zero-order valence-corrected chi connectivity index (χ0v) is 15.2. The Labute approximate surface area is 149 Å². The van der Waals surface area contributed by atoms with Gasteiger partial charge in [-0.15, -0.1) is 0 Å². The Morgan fingerprint density at radius 2 is 1.76 bits per heavy atom. The quantitative estimate of drug-likeness (QED) is 0.820. The van der Waals surface area contributed by atoms with Crippen molar-refractivity contribution in [3.8, 4) is 0 Å². The molecule has 1 saturated heterocycles. The molecule has 6 heteroatoms. The molecule has 0 atom stereocenters. The summed E-state index contributed by atoms with van der Waals surface area (Å²) in [6.07, 6.45) is 6.79. The van der Waals surface area contributed by atoms with E-state index in [2.05, 4.69) is 4.90 Å². The highest BCUT2D eigenvalue weighted by atomic mass is 16.5. The van der Waals surface area contributed by atoms with E-state index in [0.29, 0.717) is 5.92 Å². The standard InChI is InChI=1S/C19H28N4O2/c1-14(24)22-8-10-23(11-9-22)19-16-6-12-25-13-7-17(16)20-18(21-19)15-4-2-3-5-15/h15H,2-13H2,1H3. The van der Waals surface area contributed by atoms with Gasteiger partial charge in [0.1, 0.15) is 11.6 Å². The molecule has 0 spiro atoms. The highest BCUT2D eigenvalue weighted by molar-refractivity contribution is 5.73. The number of aromatic nitrogens is 2. The molecule has 1 aliphatic carbocycles. The van der Waals surface area contributed by atoms with Crippen LogP contribution in [0.4, 0.5) is 5.82 Å². The third-order valence-corrected chi connectivity index (χ3v) is 5.81. The Hall–Kier alpha value is -1.69. The minimum atomic E-state index is 0.168. The fourth-order valence-electron chi connectivity index (χ4n) is 4.31. The molecule has 0 unspecified atom stereocenters. The second-order valence-electron chi connectivity index (χ2n) is 7.42. The Morgan fingerprint density at radius 3 is 2.48 bits per heavy atom. The predicted octanol–water partition coefficient (Wildman–Crippen LogP) is 1.92. The van der Waals surface area contributed by atoms with Crippen LogP contribution in [0.1, 0.15) is 55.6 Å². The van der Waals surface area contributed by atoms with Gasteiger partial charge in [0.2, 0.25) is 5.91 Å². The van der Waals surface area contributed by atoms with Crippen LogP contribution >= 0.6 is 0 Å². The zero-order chi connectivity index (χ0) is 17.2. The van der Waals surface area contributed by atoms with Gasteiger partial charge in [-0.3, -0.25) is 4.79 Å². The summed E-state index contributed by atoms with van der Waals surface area (Å²) in [5.74, 6) is 2.84. The second-order valence-corrected chi connectivity index (χ2v) is 7.42. The number of ether oxygens (including phenoxy) is 1. The van der Waals surface area contributed by atoms with Crippen LogP contribution in [0.5, 0.6) is 0 Å². The van der Waals surface area contributed by atoms with Gasteiger partial charge in [0.05, 0.1) is 18.9 Å². The smallest absolute Gasteiger partial charge is 0.219 e. The number of piperazine rings is 1. The predicted molar refractivity (Wildman–Crippen MR) is 95.9 cm³/mol. The van der Waals surface area contributed by atoms with Gasteiger partial charge in [-0.2, -0.15) is 0 Å². The number of anilines is 1. The van der Waals surface area contributed by atoms with Crippen LogP contribution < -0.4 is 4.90 Å². The average Bonchev–Trinajstić information content (AvgIpc) is 3.06. The SMILES string of the molecule is CC(=O)N1CCN(c2nc(C3CCCC3)nc3c2CCOCC3)CC1. The normalized spacial score (nSPS) is 22.0. The van der Waals surface area contributed by atoms with Crippen LogP contribution in [0.15, 0.2) is 0 Å². The monoisotopic (exact) mass is 344 g/mol. The van der Waals surface area contributed by atoms with E-state index >= 15 is 0 Å². The number of amides is 1. The molecule has 2 aliphatic heterocycles. The first-order valence-corrected chi connectivity index (χ1v) is 9.70. The molecule has 0 aromatic carbocycles. The van der Waals surface area contributed by atoms with Gasteiger partial charge in [0.15, 0.2) is 0 Å². The number of carbonyl (C=O) groups excluding carboxylic acids is 1. The number of hydrogen-bond donors (Lipinski definition) is 0. The van der Waals surface area contributed by atoms with Gasteiger partial charge >= 0.3 is 0 Å². The first kappa shape index (κ1) is 16.8. The molecule has 0 N–H and O–H groups in total. The molecule has 1 aromatic rings. The molecule has 136 valence electrons. The van der Waals surface area contributed by atoms with Crippen molar-refractivity contribution in [1.82, 2.24) is 14.9 Å². The first-order chi connectivity index (χ1) is 12.2. The lowest BCUT2D eigenvalue weighted by atomic mass is 10.0. The van der Waals surface area contributed by atoms with Crippen LogP contribution in [-0.2, 0) is 22.4 Å². The van der Waals surface area contributed by atoms with E-state index in [-0.39, 0.29) is 5.91 Å². The highest BCUT2D eigenvalue weighted by Crippen LogP contribution is 2.35. The number of carbonyl (C=O) groups is 1. The summed E-state index contributed by atoms with van der Waals surface area (Å²) >= 11 is 0. The van der Waals surface area contributed by atoms with Gasteiger partial charge in [0.25, 0.3) is 0 Å². The molecule has 1 aromatic heterocycles. The summed E-state index contributed by atoms with van der Waals surface area (Å²) in [6.45, 7) is 6.43. The van der Waals surface area contributed by atoms with Crippen molar-refractivity contribution in [1.29, 1.82) is 0 Å². The molecule has 1 amide bonds. The van der Waals surface area contributed by atoms with Crippen LogP contribution in [0.3, 0.4) is 0 Å². The molecular formula is C19H28N4O2. The summed E-state index contributed by atoms with van der Waals surface area (Å²) in [4.78, 5) is 25.9. The van der Waals surface area contributed by atoms with E-state index in [1.54, 1.807) is 6.92 Å². The highest BCUT2D eigenvalue weighted by Gasteiger charge is 2.28. The van der Waals surface area contributed by atoms with Crippen LogP contribution in [0.25, 0.3) is 0 Å². The molecule has 0 radical (unpaired) electrons. The van der Waals surface area contributed by atoms with Crippen molar-refractivity contribution in [3.63, 3.8) is 0 Å². The molecule has 4 rings (SSSR count). The first-order valence-electron chi connectivity index (χ1n) is 9.70. The van der Waals surface area contributed by atoms with Crippen molar-refractivity contribution in [2.45, 2.75) is 51.4 Å². The summed E-state index contributed by atoms with van der Waals surface area (Å²) in [7, 11) is 0. The van der Waals surface area contributed by atoms with Gasteiger partial charge in [-0.05, 0) is 12.8 Å². The fourth-order valence-corrected chi connectivity index (χ4v) is 4.31. The van der Waals surface area contributed by atoms with Crippen molar-refractivity contribution in [2.24, 2.45) is 0 Å². The van der Waals surface area contributed by atoms with Crippen molar-refractivity contribution < 1.29 is 9.53 Å². The molecule has 6 nitrogen and oxygen atoms in total. The van der Waals surface area contributed by atoms with E-state index < -0.39 is 0 Å². The van der Waals surface area contributed by atoms with E-state index in [4.69, 9.17) is 14.7 Å². The molecule has 0 bridgehead atoms. The van der Waals surface area contributed by atoms with Crippen molar-refractivity contribution in [3.05, 3.63) is 17.1 Å². The number of hydrogen-bond acceptors (Lipinski definition) is 5. The minimum absolute atomic E-state index is 0.168. The summed E-state index contributed by atoms with van der Waals surface area (Å²) in [6, 6.07) is 0.